The molecule has 0 radical (unpaired) electrons. The summed E-state index contributed by atoms with van der Waals surface area (Å²) in [4.78, 5) is 21.7. The Morgan fingerprint density at radius 3 is 2.75 bits per heavy atom. The third-order valence-corrected chi connectivity index (χ3v) is 2.41. The highest BCUT2D eigenvalue weighted by Gasteiger charge is 2.13. The number of aliphatic carboxylic acids is 1. The molecule has 2 aromatic rings. The number of pyridine rings is 1. The fraction of sp³-hybridized carbons (Fsp3) is 0.100. The van der Waals surface area contributed by atoms with Crippen LogP contribution in [0.5, 0.6) is 0 Å². The summed E-state index contributed by atoms with van der Waals surface area (Å²) >= 11 is 3.19. The number of nitrogens with zero attached hydrogens (tertiary/aromatic N) is 2. The van der Waals surface area contributed by atoms with E-state index < -0.39 is 5.97 Å². The molecule has 0 amide bonds. The number of carbonyl (C=O) groups is 1. The molecule has 0 aliphatic rings. The Labute approximate surface area is 99.7 Å². The first-order chi connectivity index (χ1) is 7.66. The number of aromatic nitrogens is 3. The highest BCUT2D eigenvalue weighted by Crippen LogP contribution is 2.23. The molecule has 82 valence electrons. The number of carboxylic acids is 1. The van der Waals surface area contributed by atoms with Gasteiger partial charge in [0.25, 0.3) is 0 Å². The lowest BCUT2D eigenvalue weighted by molar-refractivity contribution is -0.136. The number of hydrogen-bond donors (Lipinski definition) is 2. The fourth-order valence-electron chi connectivity index (χ4n) is 1.41. The van der Waals surface area contributed by atoms with E-state index in [1.165, 1.54) is 0 Å². The number of aromatic amines is 1. The maximum absolute atomic E-state index is 10.7. The average Bonchev–Trinajstić information content (AvgIpc) is 2.60. The minimum absolute atomic E-state index is 0.0870. The van der Waals surface area contributed by atoms with E-state index in [0.29, 0.717) is 16.1 Å². The summed E-state index contributed by atoms with van der Waals surface area (Å²) < 4.78 is 0.524. The van der Waals surface area contributed by atoms with Gasteiger partial charge in [-0.3, -0.25) is 9.78 Å². The topological polar surface area (TPSA) is 78.9 Å². The molecule has 6 heteroatoms. The highest BCUT2D eigenvalue weighted by atomic mass is 79.9. The van der Waals surface area contributed by atoms with Gasteiger partial charge >= 0.3 is 5.97 Å². The van der Waals surface area contributed by atoms with Gasteiger partial charge in [0.15, 0.2) is 4.73 Å². The molecule has 0 unspecified atom stereocenters. The summed E-state index contributed by atoms with van der Waals surface area (Å²) in [7, 11) is 0. The van der Waals surface area contributed by atoms with Crippen molar-refractivity contribution in [2.45, 2.75) is 6.42 Å². The first kappa shape index (κ1) is 10.8. The van der Waals surface area contributed by atoms with Crippen molar-refractivity contribution >= 4 is 21.9 Å². The van der Waals surface area contributed by atoms with Crippen molar-refractivity contribution in [2.75, 3.05) is 0 Å². The van der Waals surface area contributed by atoms with E-state index in [1.807, 2.05) is 0 Å². The van der Waals surface area contributed by atoms with Crippen LogP contribution in [0.3, 0.4) is 0 Å². The van der Waals surface area contributed by atoms with Gasteiger partial charge in [-0.25, -0.2) is 4.98 Å². The zero-order valence-corrected chi connectivity index (χ0v) is 9.73. The minimum Gasteiger partial charge on any atom is -0.481 e. The first-order valence-electron chi connectivity index (χ1n) is 4.53. The van der Waals surface area contributed by atoms with Crippen molar-refractivity contribution in [3.63, 3.8) is 0 Å². The van der Waals surface area contributed by atoms with Crippen molar-refractivity contribution in [2.24, 2.45) is 0 Å². The Bertz CT molecular complexity index is 510. The maximum atomic E-state index is 10.7. The number of hydrogen-bond acceptors (Lipinski definition) is 3. The summed E-state index contributed by atoms with van der Waals surface area (Å²) in [6, 6.07) is 3.57. The lowest BCUT2D eigenvalue weighted by Crippen LogP contribution is -2.01. The number of carboxylic acid groups (broad SMARTS) is 1. The number of nitrogens with one attached hydrogen (secondary N) is 1. The van der Waals surface area contributed by atoms with Crippen LogP contribution in [-0.2, 0) is 11.2 Å². The molecule has 5 nitrogen and oxygen atoms in total. The van der Waals surface area contributed by atoms with Crippen LogP contribution in [0, 0.1) is 0 Å². The van der Waals surface area contributed by atoms with Gasteiger partial charge in [-0.05, 0) is 28.1 Å². The zero-order valence-electron chi connectivity index (χ0n) is 8.14. The van der Waals surface area contributed by atoms with Crippen molar-refractivity contribution in [3.8, 4) is 11.3 Å². The molecular weight excluding hydrogens is 274 g/mol. The van der Waals surface area contributed by atoms with Crippen LogP contribution in [-0.4, -0.2) is 26.0 Å². The summed E-state index contributed by atoms with van der Waals surface area (Å²) in [5, 5.41) is 8.77. The Morgan fingerprint density at radius 2 is 2.12 bits per heavy atom. The third-order valence-electron chi connectivity index (χ3n) is 2.03. The molecule has 2 heterocycles. The maximum Gasteiger partial charge on any atom is 0.309 e. The standard InChI is InChI=1S/C10H8BrN3O2/c11-10-13-7(5-8(15)16)9(14-10)6-1-3-12-4-2-6/h1-4H,5H2,(H,13,14)(H,15,16). The molecule has 2 N–H and O–H groups in total. The summed E-state index contributed by atoms with van der Waals surface area (Å²) in [5.74, 6) is -0.897. The van der Waals surface area contributed by atoms with Crippen molar-refractivity contribution in [3.05, 3.63) is 35.0 Å². The molecular formula is C10H8BrN3O2. The predicted octanol–water partition coefficient (Wildman–Crippen LogP) is 1.86. The number of H-pyrrole nitrogens is 1. The van der Waals surface area contributed by atoms with E-state index in [1.54, 1.807) is 24.5 Å². The van der Waals surface area contributed by atoms with Crippen LogP contribution in [0.15, 0.2) is 29.3 Å². The van der Waals surface area contributed by atoms with E-state index in [-0.39, 0.29) is 6.42 Å². The van der Waals surface area contributed by atoms with Gasteiger partial charge in [-0.15, -0.1) is 0 Å². The van der Waals surface area contributed by atoms with E-state index in [4.69, 9.17) is 5.11 Å². The van der Waals surface area contributed by atoms with Gasteiger partial charge in [0.1, 0.15) is 0 Å². The molecule has 2 aromatic heterocycles. The van der Waals surface area contributed by atoms with Gasteiger partial charge in [0.2, 0.25) is 0 Å². The van der Waals surface area contributed by atoms with E-state index in [0.717, 1.165) is 5.56 Å². The van der Waals surface area contributed by atoms with Crippen LogP contribution in [0.4, 0.5) is 0 Å². The molecule has 0 saturated carbocycles. The van der Waals surface area contributed by atoms with Crippen molar-refractivity contribution < 1.29 is 9.90 Å². The monoisotopic (exact) mass is 281 g/mol. The molecule has 16 heavy (non-hydrogen) atoms. The van der Waals surface area contributed by atoms with Gasteiger partial charge in [-0.2, -0.15) is 0 Å². The normalized spacial score (nSPS) is 10.3. The molecule has 0 aliphatic carbocycles. The molecule has 0 aliphatic heterocycles. The molecule has 2 rings (SSSR count). The molecule has 0 aromatic carbocycles. The third kappa shape index (κ3) is 2.27. The second-order valence-corrected chi connectivity index (χ2v) is 3.91. The molecule has 0 bridgehead atoms. The van der Waals surface area contributed by atoms with Gasteiger partial charge in [-0.1, -0.05) is 0 Å². The van der Waals surface area contributed by atoms with E-state index in [2.05, 4.69) is 30.9 Å². The van der Waals surface area contributed by atoms with Gasteiger partial charge in [0.05, 0.1) is 17.8 Å². The SMILES string of the molecule is O=C(O)Cc1[nH]c(Br)nc1-c1ccncc1. The molecule has 0 atom stereocenters. The number of rotatable bonds is 3. The lowest BCUT2D eigenvalue weighted by atomic mass is 10.1. The second-order valence-electron chi connectivity index (χ2n) is 3.16. The molecule has 0 spiro atoms. The average molecular weight is 282 g/mol. The Kier molecular flexibility index (Phi) is 3.00. The zero-order chi connectivity index (χ0) is 11.5. The smallest absolute Gasteiger partial charge is 0.309 e. The van der Waals surface area contributed by atoms with Crippen LogP contribution in [0.2, 0.25) is 0 Å². The first-order valence-corrected chi connectivity index (χ1v) is 5.32. The van der Waals surface area contributed by atoms with Crippen LogP contribution in [0.25, 0.3) is 11.3 Å². The lowest BCUT2D eigenvalue weighted by Gasteiger charge is -1.99. The van der Waals surface area contributed by atoms with E-state index >= 15 is 0 Å². The molecule has 0 fully saturated rings. The summed E-state index contributed by atoms with van der Waals surface area (Å²) in [6.07, 6.45) is 3.20. The quantitative estimate of drug-likeness (QED) is 0.900. The van der Waals surface area contributed by atoms with Crippen molar-refractivity contribution in [1.29, 1.82) is 0 Å². The van der Waals surface area contributed by atoms with E-state index in [9.17, 15) is 4.79 Å². The number of imidazole rings is 1. The Balaban J connectivity index is 2.44. The van der Waals surface area contributed by atoms with Crippen LogP contribution < -0.4 is 0 Å². The molecule has 0 saturated heterocycles. The van der Waals surface area contributed by atoms with Crippen LogP contribution in [0.1, 0.15) is 5.69 Å². The minimum atomic E-state index is -0.897. The van der Waals surface area contributed by atoms with Gasteiger partial charge in [0, 0.05) is 18.0 Å². The summed E-state index contributed by atoms with van der Waals surface area (Å²) in [6.45, 7) is 0. The van der Waals surface area contributed by atoms with Crippen molar-refractivity contribution in [1.82, 2.24) is 15.0 Å². The highest BCUT2D eigenvalue weighted by molar-refractivity contribution is 9.10. The second kappa shape index (κ2) is 4.44. The number of halogens is 1. The fourth-order valence-corrected chi connectivity index (χ4v) is 1.82. The Hall–Kier alpha value is -1.69. The Morgan fingerprint density at radius 1 is 1.44 bits per heavy atom. The largest absolute Gasteiger partial charge is 0.481 e. The van der Waals surface area contributed by atoms with Crippen LogP contribution >= 0.6 is 15.9 Å². The predicted molar refractivity (Wildman–Crippen MR) is 60.9 cm³/mol. The summed E-state index contributed by atoms with van der Waals surface area (Å²) in [5.41, 5.74) is 2.05. The van der Waals surface area contributed by atoms with Gasteiger partial charge < -0.3 is 10.1 Å².